The highest BCUT2D eigenvalue weighted by Crippen LogP contribution is 2.59. The first-order chi connectivity index (χ1) is 10.6. The van der Waals surface area contributed by atoms with Crippen LogP contribution in [-0.2, 0) is 12.0 Å². The number of aliphatic hydroxyl groups excluding tert-OH is 2. The van der Waals surface area contributed by atoms with Gasteiger partial charge in [0.05, 0.1) is 17.6 Å². The first-order valence-corrected chi connectivity index (χ1v) is 7.83. The van der Waals surface area contributed by atoms with Gasteiger partial charge in [0.1, 0.15) is 5.72 Å². The van der Waals surface area contributed by atoms with E-state index < -0.39 is 23.3 Å². The van der Waals surface area contributed by atoms with Crippen molar-refractivity contribution in [2.45, 2.75) is 49.2 Å². The average molecular weight is 305 g/mol. The number of hydrogen-bond acceptors (Lipinski definition) is 6. The monoisotopic (exact) mass is 305 g/mol. The van der Waals surface area contributed by atoms with Gasteiger partial charge in [0.25, 0.3) is 0 Å². The summed E-state index contributed by atoms with van der Waals surface area (Å²) in [7, 11) is 0. The molecular formula is C16H19NO5. The number of rotatable bonds is 0. The van der Waals surface area contributed by atoms with Crippen LogP contribution in [0.3, 0.4) is 0 Å². The highest BCUT2D eigenvalue weighted by atomic mass is 16.7. The molecule has 5 rings (SSSR count). The lowest BCUT2D eigenvalue weighted by Gasteiger charge is -2.56. The van der Waals surface area contributed by atoms with Crippen LogP contribution in [0.25, 0.3) is 0 Å². The molecule has 1 saturated carbocycles. The van der Waals surface area contributed by atoms with E-state index in [-0.39, 0.29) is 6.79 Å². The van der Waals surface area contributed by atoms with E-state index in [4.69, 9.17) is 9.47 Å². The standard InChI is InChI=1S/C16H19NO5/c18-11-1-2-16(20)15(14(11)19)3-4-17(16)7-9-5-12-13(6-10(9)15)22-8-21-12/h5-6,11,14,18-20H,1-4,7-8H2/t11-,14-,15+,16-/m0/s1. The highest BCUT2D eigenvalue weighted by molar-refractivity contribution is 5.55. The van der Waals surface area contributed by atoms with E-state index in [1.165, 1.54) is 0 Å². The summed E-state index contributed by atoms with van der Waals surface area (Å²) in [6.07, 6.45) is -0.268. The van der Waals surface area contributed by atoms with Crippen molar-refractivity contribution in [1.29, 1.82) is 0 Å². The van der Waals surface area contributed by atoms with Crippen LogP contribution in [0.2, 0.25) is 0 Å². The van der Waals surface area contributed by atoms with Gasteiger partial charge < -0.3 is 24.8 Å². The van der Waals surface area contributed by atoms with Crippen molar-refractivity contribution in [3.8, 4) is 11.5 Å². The first-order valence-electron chi connectivity index (χ1n) is 7.83. The van der Waals surface area contributed by atoms with Crippen molar-refractivity contribution in [2.24, 2.45) is 0 Å². The summed E-state index contributed by atoms with van der Waals surface area (Å²) in [6.45, 7) is 1.54. The minimum absolute atomic E-state index is 0.199. The SMILES string of the molecule is O[C@H]1CC[C@@]2(O)N3CC[C@@]2(c2cc4c(cc2C3)OCO4)[C@H]1O. The molecule has 3 heterocycles. The van der Waals surface area contributed by atoms with Gasteiger partial charge in [-0.3, -0.25) is 4.90 Å². The smallest absolute Gasteiger partial charge is 0.231 e. The zero-order chi connectivity index (χ0) is 15.1. The van der Waals surface area contributed by atoms with Crippen molar-refractivity contribution in [1.82, 2.24) is 4.90 Å². The van der Waals surface area contributed by atoms with Crippen molar-refractivity contribution in [3.05, 3.63) is 23.3 Å². The predicted octanol–water partition coefficient (Wildman–Crippen LogP) is 0.0766. The summed E-state index contributed by atoms with van der Waals surface area (Å²) in [6, 6.07) is 3.84. The Morgan fingerprint density at radius 3 is 2.73 bits per heavy atom. The molecule has 0 amide bonds. The Hall–Kier alpha value is -1.34. The van der Waals surface area contributed by atoms with Crippen molar-refractivity contribution < 1.29 is 24.8 Å². The predicted molar refractivity (Wildman–Crippen MR) is 75.5 cm³/mol. The lowest BCUT2D eigenvalue weighted by Crippen LogP contribution is -2.68. The van der Waals surface area contributed by atoms with E-state index >= 15 is 0 Å². The molecule has 1 unspecified atom stereocenters. The van der Waals surface area contributed by atoms with Gasteiger partial charge in [-0.2, -0.15) is 0 Å². The zero-order valence-electron chi connectivity index (χ0n) is 12.2. The number of ether oxygens (including phenoxy) is 2. The molecule has 2 bridgehead atoms. The summed E-state index contributed by atoms with van der Waals surface area (Å²) in [4.78, 5) is 2.03. The highest BCUT2D eigenvalue weighted by Gasteiger charge is 2.68. The molecule has 2 fully saturated rings. The van der Waals surface area contributed by atoms with Crippen LogP contribution in [0.4, 0.5) is 0 Å². The van der Waals surface area contributed by atoms with Gasteiger partial charge in [-0.05, 0) is 42.5 Å². The molecule has 4 aliphatic rings. The zero-order valence-corrected chi connectivity index (χ0v) is 12.2. The molecule has 3 aliphatic heterocycles. The molecule has 0 aromatic heterocycles. The van der Waals surface area contributed by atoms with Crippen molar-refractivity contribution in [3.63, 3.8) is 0 Å². The summed E-state index contributed by atoms with van der Waals surface area (Å²) in [5.74, 6) is 1.37. The lowest BCUT2D eigenvalue weighted by atomic mass is 9.59. The third kappa shape index (κ3) is 1.27. The molecule has 3 N–H and O–H groups in total. The molecule has 1 saturated heterocycles. The van der Waals surface area contributed by atoms with E-state index in [1.807, 2.05) is 17.0 Å². The van der Waals surface area contributed by atoms with E-state index in [0.29, 0.717) is 43.9 Å². The molecule has 0 radical (unpaired) electrons. The van der Waals surface area contributed by atoms with E-state index in [1.54, 1.807) is 0 Å². The van der Waals surface area contributed by atoms with E-state index in [9.17, 15) is 15.3 Å². The molecule has 0 spiro atoms. The van der Waals surface area contributed by atoms with Gasteiger partial charge >= 0.3 is 0 Å². The maximum Gasteiger partial charge on any atom is 0.231 e. The fraction of sp³-hybridized carbons (Fsp3) is 0.625. The van der Waals surface area contributed by atoms with Crippen LogP contribution in [0.1, 0.15) is 30.4 Å². The van der Waals surface area contributed by atoms with Gasteiger partial charge in [0.2, 0.25) is 6.79 Å². The van der Waals surface area contributed by atoms with Crippen LogP contribution in [-0.4, -0.2) is 51.5 Å². The van der Waals surface area contributed by atoms with Crippen molar-refractivity contribution >= 4 is 0 Å². The van der Waals surface area contributed by atoms with Crippen LogP contribution >= 0.6 is 0 Å². The van der Waals surface area contributed by atoms with Crippen LogP contribution in [0, 0.1) is 0 Å². The normalized spacial score (nSPS) is 44.6. The molecule has 5 atom stereocenters. The number of fused-ring (bicyclic) bond motifs is 2. The van der Waals surface area contributed by atoms with Gasteiger partial charge in [0.15, 0.2) is 11.5 Å². The van der Waals surface area contributed by atoms with Gasteiger partial charge in [-0.15, -0.1) is 0 Å². The third-order valence-electron chi connectivity index (χ3n) is 6.11. The second kappa shape index (κ2) is 3.94. The van der Waals surface area contributed by atoms with Gasteiger partial charge in [-0.1, -0.05) is 0 Å². The Kier molecular flexibility index (Phi) is 2.35. The fourth-order valence-electron chi connectivity index (χ4n) is 5.04. The second-order valence-electron chi connectivity index (χ2n) is 6.87. The average Bonchev–Trinajstić information content (AvgIpc) is 3.02. The molecule has 22 heavy (non-hydrogen) atoms. The molecule has 1 aromatic rings. The van der Waals surface area contributed by atoms with Crippen LogP contribution in [0.15, 0.2) is 12.1 Å². The largest absolute Gasteiger partial charge is 0.454 e. The Morgan fingerprint density at radius 1 is 1.14 bits per heavy atom. The quantitative estimate of drug-likeness (QED) is 0.629. The molecule has 1 aromatic carbocycles. The topological polar surface area (TPSA) is 82.4 Å². The lowest BCUT2D eigenvalue weighted by molar-refractivity contribution is -0.214. The third-order valence-corrected chi connectivity index (χ3v) is 6.11. The van der Waals surface area contributed by atoms with Crippen LogP contribution < -0.4 is 9.47 Å². The van der Waals surface area contributed by atoms with Gasteiger partial charge in [-0.25, -0.2) is 0 Å². The fourth-order valence-corrected chi connectivity index (χ4v) is 5.04. The number of aliphatic hydroxyl groups is 3. The summed E-state index contributed by atoms with van der Waals surface area (Å²) >= 11 is 0. The minimum Gasteiger partial charge on any atom is -0.454 e. The molecule has 6 nitrogen and oxygen atoms in total. The summed E-state index contributed by atoms with van der Waals surface area (Å²) in [5, 5.41) is 32.4. The van der Waals surface area contributed by atoms with E-state index in [2.05, 4.69) is 0 Å². The molecule has 6 heteroatoms. The maximum atomic E-state index is 11.3. The Bertz CT molecular complexity index is 664. The minimum atomic E-state index is -1.09. The maximum absolute atomic E-state index is 11.3. The van der Waals surface area contributed by atoms with Crippen molar-refractivity contribution in [2.75, 3.05) is 13.3 Å². The Labute approximate surface area is 127 Å². The first kappa shape index (κ1) is 13.1. The Morgan fingerprint density at radius 2 is 1.91 bits per heavy atom. The number of benzene rings is 1. The number of hydrogen-bond donors (Lipinski definition) is 3. The molecule has 1 aliphatic carbocycles. The van der Waals surface area contributed by atoms with Crippen LogP contribution in [0.5, 0.6) is 11.5 Å². The second-order valence-corrected chi connectivity index (χ2v) is 6.87. The summed E-state index contributed by atoms with van der Waals surface area (Å²) in [5.41, 5.74) is 0.00444. The molecular weight excluding hydrogens is 286 g/mol. The van der Waals surface area contributed by atoms with Gasteiger partial charge in [0, 0.05) is 13.1 Å². The molecule has 118 valence electrons. The van der Waals surface area contributed by atoms with E-state index in [0.717, 1.165) is 11.1 Å². The Balaban J connectivity index is 1.77. The number of nitrogens with zero attached hydrogens (tertiary/aromatic N) is 1. The summed E-state index contributed by atoms with van der Waals surface area (Å²) < 4.78 is 10.9.